The lowest BCUT2D eigenvalue weighted by Gasteiger charge is -2.18. The molecule has 1 atom stereocenters. The van der Waals surface area contributed by atoms with Crippen LogP contribution in [0.2, 0.25) is 0 Å². The summed E-state index contributed by atoms with van der Waals surface area (Å²) in [5.74, 6) is -1.81. The summed E-state index contributed by atoms with van der Waals surface area (Å²) in [4.78, 5) is 31.2. The van der Waals surface area contributed by atoms with E-state index in [4.69, 9.17) is 5.11 Å². The molecule has 86 valence electrons. The van der Waals surface area contributed by atoms with Crippen LogP contribution in [0.1, 0.15) is 17.3 Å². The molecule has 1 amide bonds. The monoisotopic (exact) mass is 223 g/mol. The van der Waals surface area contributed by atoms with Gasteiger partial charge in [0.2, 0.25) is 0 Å². The molecular formula is C10H13N3O3. The largest absolute Gasteiger partial charge is 0.481 e. The van der Waals surface area contributed by atoms with Crippen LogP contribution in [0.4, 0.5) is 0 Å². The van der Waals surface area contributed by atoms with E-state index >= 15 is 0 Å². The summed E-state index contributed by atoms with van der Waals surface area (Å²) in [7, 11) is 1.55. The van der Waals surface area contributed by atoms with Gasteiger partial charge in [-0.2, -0.15) is 0 Å². The maximum Gasteiger partial charge on any atom is 0.308 e. The Morgan fingerprint density at radius 3 is 2.50 bits per heavy atom. The Morgan fingerprint density at radius 1 is 1.44 bits per heavy atom. The number of hydrogen-bond donors (Lipinski definition) is 1. The summed E-state index contributed by atoms with van der Waals surface area (Å²) >= 11 is 0. The minimum atomic E-state index is -0.927. The molecule has 0 aromatic carbocycles. The number of hydrogen-bond acceptors (Lipinski definition) is 4. The average molecular weight is 223 g/mol. The van der Waals surface area contributed by atoms with Gasteiger partial charge in [-0.25, -0.2) is 9.97 Å². The minimum absolute atomic E-state index is 0.156. The van der Waals surface area contributed by atoms with Gasteiger partial charge in [0.05, 0.1) is 11.5 Å². The Morgan fingerprint density at radius 2 is 2.00 bits per heavy atom. The van der Waals surface area contributed by atoms with E-state index in [0.29, 0.717) is 5.56 Å². The summed E-state index contributed by atoms with van der Waals surface area (Å²) in [6.07, 6.45) is 4.13. The molecule has 6 heteroatoms. The van der Waals surface area contributed by atoms with Crippen molar-refractivity contribution in [1.29, 1.82) is 0 Å². The van der Waals surface area contributed by atoms with E-state index in [0.717, 1.165) is 0 Å². The van der Waals surface area contributed by atoms with Crippen molar-refractivity contribution >= 4 is 11.9 Å². The van der Waals surface area contributed by atoms with Gasteiger partial charge in [-0.3, -0.25) is 9.59 Å². The maximum atomic E-state index is 11.8. The highest BCUT2D eigenvalue weighted by atomic mass is 16.4. The molecule has 1 aromatic heterocycles. The Kier molecular flexibility index (Phi) is 3.93. The maximum absolute atomic E-state index is 11.8. The first-order valence-electron chi connectivity index (χ1n) is 4.75. The zero-order valence-electron chi connectivity index (χ0n) is 9.12. The molecule has 0 radical (unpaired) electrons. The fraction of sp³-hybridized carbons (Fsp3) is 0.400. The number of rotatable bonds is 4. The van der Waals surface area contributed by atoms with Crippen molar-refractivity contribution in [1.82, 2.24) is 14.9 Å². The zero-order chi connectivity index (χ0) is 12.1. The fourth-order valence-corrected chi connectivity index (χ4v) is 1.20. The van der Waals surface area contributed by atoms with Crippen molar-refractivity contribution in [2.75, 3.05) is 13.6 Å². The molecule has 0 bridgehead atoms. The number of carboxylic acid groups (broad SMARTS) is 1. The first-order chi connectivity index (χ1) is 7.52. The molecule has 1 N–H and O–H groups in total. The van der Waals surface area contributed by atoms with Crippen LogP contribution in [0, 0.1) is 5.92 Å². The van der Waals surface area contributed by atoms with E-state index < -0.39 is 11.9 Å². The third-order valence-corrected chi connectivity index (χ3v) is 2.12. The second-order valence-corrected chi connectivity index (χ2v) is 3.55. The summed E-state index contributed by atoms with van der Waals surface area (Å²) in [5.41, 5.74) is 0.350. The van der Waals surface area contributed by atoms with E-state index in [2.05, 4.69) is 9.97 Å². The van der Waals surface area contributed by atoms with Gasteiger partial charge in [0.1, 0.15) is 6.33 Å². The van der Waals surface area contributed by atoms with Gasteiger partial charge >= 0.3 is 5.97 Å². The third-order valence-electron chi connectivity index (χ3n) is 2.12. The number of carbonyl (C=O) groups is 2. The number of aliphatic carboxylic acids is 1. The molecule has 0 saturated heterocycles. The number of aromatic nitrogens is 2. The number of carboxylic acids is 1. The Balaban J connectivity index is 2.65. The zero-order valence-corrected chi connectivity index (χ0v) is 9.12. The van der Waals surface area contributed by atoms with Crippen molar-refractivity contribution in [2.24, 2.45) is 5.92 Å². The van der Waals surface area contributed by atoms with Crippen molar-refractivity contribution in [3.63, 3.8) is 0 Å². The van der Waals surface area contributed by atoms with Gasteiger partial charge in [0.15, 0.2) is 0 Å². The van der Waals surface area contributed by atoms with Crippen LogP contribution in [0.3, 0.4) is 0 Å². The van der Waals surface area contributed by atoms with E-state index in [9.17, 15) is 9.59 Å². The fourth-order valence-electron chi connectivity index (χ4n) is 1.20. The molecular weight excluding hydrogens is 210 g/mol. The van der Waals surface area contributed by atoms with Gasteiger partial charge in [-0.15, -0.1) is 0 Å². The molecule has 0 saturated carbocycles. The molecule has 1 unspecified atom stereocenters. The predicted molar refractivity (Wildman–Crippen MR) is 55.8 cm³/mol. The number of nitrogens with zero attached hydrogens (tertiary/aromatic N) is 3. The highest BCUT2D eigenvalue weighted by Gasteiger charge is 2.18. The van der Waals surface area contributed by atoms with Crippen LogP contribution < -0.4 is 0 Å². The SMILES string of the molecule is CC(CN(C)C(=O)c1cncnc1)C(=O)O. The van der Waals surface area contributed by atoms with Crippen molar-refractivity contribution in [3.05, 3.63) is 24.3 Å². The lowest BCUT2D eigenvalue weighted by Crippen LogP contribution is -2.33. The predicted octanol–water partition coefficient (Wildman–Crippen LogP) is 0.269. The summed E-state index contributed by atoms with van der Waals surface area (Å²) < 4.78 is 0. The van der Waals surface area contributed by atoms with E-state index in [1.807, 2.05) is 0 Å². The minimum Gasteiger partial charge on any atom is -0.481 e. The van der Waals surface area contributed by atoms with Crippen LogP contribution in [-0.4, -0.2) is 45.4 Å². The Labute approximate surface area is 92.9 Å². The van der Waals surface area contributed by atoms with E-state index in [1.54, 1.807) is 14.0 Å². The topological polar surface area (TPSA) is 83.4 Å². The standard InChI is InChI=1S/C10H13N3O3/c1-7(10(15)16)5-13(2)9(14)8-3-11-6-12-4-8/h3-4,6-7H,5H2,1-2H3,(H,15,16). The molecule has 1 aromatic rings. The summed E-state index contributed by atoms with van der Waals surface area (Å²) in [6, 6.07) is 0. The van der Waals surface area contributed by atoms with Crippen LogP contribution in [0.25, 0.3) is 0 Å². The summed E-state index contributed by atoms with van der Waals surface area (Å²) in [5, 5.41) is 8.72. The second-order valence-electron chi connectivity index (χ2n) is 3.55. The molecule has 0 spiro atoms. The van der Waals surface area contributed by atoms with Crippen molar-refractivity contribution in [2.45, 2.75) is 6.92 Å². The van der Waals surface area contributed by atoms with Crippen LogP contribution in [0.15, 0.2) is 18.7 Å². The molecule has 1 heterocycles. The smallest absolute Gasteiger partial charge is 0.308 e. The molecule has 0 aliphatic carbocycles. The lowest BCUT2D eigenvalue weighted by atomic mass is 10.1. The first-order valence-corrected chi connectivity index (χ1v) is 4.75. The number of carbonyl (C=O) groups excluding carboxylic acids is 1. The Hall–Kier alpha value is -1.98. The molecule has 1 rings (SSSR count). The number of amides is 1. The Bertz CT molecular complexity index is 380. The quantitative estimate of drug-likeness (QED) is 0.792. The molecule has 16 heavy (non-hydrogen) atoms. The van der Waals surface area contributed by atoms with Gasteiger partial charge in [-0.1, -0.05) is 6.92 Å². The van der Waals surface area contributed by atoms with Crippen molar-refractivity contribution in [3.8, 4) is 0 Å². The molecule has 6 nitrogen and oxygen atoms in total. The normalized spacial score (nSPS) is 11.9. The lowest BCUT2D eigenvalue weighted by molar-refractivity contribution is -0.141. The highest BCUT2D eigenvalue weighted by molar-refractivity contribution is 5.93. The van der Waals surface area contributed by atoms with E-state index in [-0.39, 0.29) is 12.5 Å². The van der Waals surface area contributed by atoms with Gasteiger partial charge in [0.25, 0.3) is 5.91 Å². The molecule has 0 fully saturated rings. The van der Waals surface area contributed by atoms with Crippen LogP contribution in [-0.2, 0) is 4.79 Å². The van der Waals surface area contributed by atoms with Crippen LogP contribution in [0.5, 0.6) is 0 Å². The highest BCUT2D eigenvalue weighted by Crippen LogP contribution is 2.03. The van der Waals surface area contributed by atoms with Gasteiger partial charge < -0.3 is 10.0 Å². The van der Waals surface area contributed by atoms with E-state index in [1.165, 1.54) is 23.6 Å². The first kappa shape index (κ1) is 12.1. The average Bonchev–Trinajstić information content (AvgIpc) is 2.28. The third kappa shape index (κ3) is 3.01. The summed E-state index contributed by atoms with van der Waals surface area (Å²) in [6.45, 7) is 1.71. The van der Waals surface area contributed by atoms with Crippen LogP contribution >= 0.6 is 0 Å². The molecule has 0 aliphatic heterocycles. The van der Waals surface area contributed by atoms with Crippen molar-refractivity contribution < 1.29 is 14.7 Å². The molecule has 0 aliphatic rings. The van der Waals surface area contributed by atoms with Gasteiger partial charge in [-0.05, 0) is 0 Å². The van der Waals surface area contributed by atoms with Gasteiger partial charge in [0, 0.05) is 26.0 Å². The second kappa shape index (κ2) is 5.20.